The van der Waals surface area contributed by atoms with Gasteiger partial charge in [0.25, 0.3) is 0 Å². The van der Waals surface area contributed by atoms with Crippen LogP contribution in [0.2, 0.25) is 0 Å². The van der Waals surface area contributed by atoms with Gasteiger partial charge in [-0.25, -0.2) is 0 Å². The van der Waals surface area contributed by atoms with E-state index in [1.165, 1.54) is 0 Å². The predicted octanol–water partition coefficient (Wildman–Crippen LogP) is 2.22. The lowest BCUT2D eigenvalue weighted by Crippen LogP contribution is -2.11. The zero-order valence-electron chi connectivity index (χ0n) is 13.2. The Bertz CT molecular complexity index is 680. The van der Waals surface area contributed by atoms with Crippen LogP contribution in [0.25, 0.3) is 0 Å². The average molecular weight is 294 g/mol. The Hall–Kier alpha value is -2.07. The summed E-state index contributed by atoms with van der Waals surface area (Å²) < 4.78 is 10.3. The Kier molecular flexibility index (Phi) is 5.39. The summed E-state index contributed by atoms with van der Waals surface area (Å²) in [6.07, 6.45) is 0.726. The molecule has 0 aromatic heterocycles. The highest BCUT2D eigenvalue weighted by molar-refractivity contribution is 6.33. The molecule has 0 N–H and O–H groups in total. The molecule has 0 aliphatic heterocycles. The topological polar surface area (TPSA) is 35.5 Å². The van der Waals surface area contributed by atoms with E-state index >= 15 is 0 Å². The third-order valence-electron chi connectivity index (χ3n) is 3.53. The normalized spacial score (nSPS) is 10.5. The second-order valence-electron chi connectivity index (χ2n) is 5.22. The molecule has 0 saturated carbocycles. The molecule has 2 aromatic rings. The third kappa shape index (κ3) is 3.77. The maximum absolute atomic E-state index is 12.6. The summed E-state index contributed by atoms with van der Waals surface area (Å²) in [5, 5.41) is 0. The van der Waals surface area contributed by atoms with Gasteiger partial charge in [-0.2, -0.15) is 0 Å². The standard InChI is InChI=1S/C18H19BO3/c1-12-8-14(4-5-17(12)22-3)18(20)15-9-13(6-7-21-2)10-16(19)11-15/h4-5,8-11H,6-7H2,1-3H3. The highest BCUT2D eigenvalue weighted by Crippen LogP contribution is 2.20. The van der Waals surface area contributed by atoms with Crippen LogP contribution < -0.4 is 10.2 Å². The van der Waals surface area contributed by atoms with Gasteiger partial charge in [0.05, 0.1) is 13.7 Å². The van der Waals surface area contributed by atoms with Crippen LogP contribution in [0.4, 0.5) is 0 Å². The number of ketones is 1. The van der Waals surface area contributed by atoms with E-state index in [2.05, 4.69) is 0 Å². The zero-order chi connectivity index (χ0) is 16.1. The first-order valence-corrected chi connectivity index (χ1v) is 7.13. The summed E-state index contributed by atoms with van der Waals surface area (Å²) in [4.78, 5) is 12.6. The van der Waals surface area contributed by atoms with E-state index in [9.17, 15) is 4.79 Å². The first-order chi connectivity index (χ1) is 10.5. The van der Waals surface area contributed by atoms with Gasteiger partial charge in [0, 0.05) is 18.2 Å². The third-order valence-corrected chi connectivity index (χ3v) is 3.53. The van der Waals surface area contributed by atoms with E-state index in [0.29, 0.717) is 23.2 Å². The Morgan fingerprint density at radius 3 is 2.50 bits per heavy atom. The van der Waals surface area contributed by atoms with E-state index < -0.39 is 0 Å². The lowest BCUT2D eigenvalue weighted by atomic mass is 9.89. The van der Waals surface area contributed by atoms with Crippen LogP contribution in [0.15, 0.2) is 36.4 Å². The minimum Gasteiger partial charge on any atom is -0.496 e. The quantitative estimate of drug-likeness (QED) is 0.605. The first-order valence-electron chi connectivity index (χ1n) is 7.13. The summed E-state index contributed by atoms with van der Waals surface area (Å²) in [5.74, 6) is 0.724. The van der Waals surface area contributed by atoms with Crippen molar-refractivity contribution in [3.8, 4) is 5.75 Å². The van der Waals surface area contributed by atoms with Crippen molar-refractivity contribution in [3.63, 3.8) is 0 Å². The predicted molar refractivity (Wildman–Crippen MR) is 88.6 cm³/mol. The molecule has 2 rings (SSSR count). The molecule has 0 aliphatic carbocycles. The molecule has 0 bridgehead atoms. The fourth-order valence-electron chi connectivity index (χ4n) is 2.40. The number of ether oxygens (including phenoxy) is 2. The molecular weight excluding hydrogens is 275 g/mol. The van der Waals surface area contributed by atoms with Crippen LogP contribution in [-0.4, -0.2) is 34.5 Å². The van der Waals surface area contributed by atoms with Crippen molar-refractivity contribution in [2.45, 2.75) is 13.3 Å². The molecule has 0 fully saturated rings. The van der Waals surface area contributed by atoms with Crippen molar-refractivity contribution in [1.82, 2.24) is 0 Å². The van der Waals surface area contributed by atoms with Crippen molar-refractivity contribution < 1.29 is 14.3 Å². The molecule has 0 unspecified atom stereocenters. The molecule has 0 heterocycles. The molecule has 2 aromatic carbocycles. The summed E-state index contributed by atoms with van der Waals surface area (Å²) in [6, 6.07) is 10.9. The number of methoxy groups -OCH3 is 2. The molecular formula is C18H19BO3. The fourth-order valence-corrected chi connectivity index (χ4v) is 2.40. The van der Waals surface area contributed by atoms with Gasteiger partial charge in [-0.1, -0.05) is 17.6 Å². The summed E-state index contributed by atoms with van der Waals surface area (Å²) in [7, 11) is 9.18. The van der Waals surface area contributed by atoms with Crippen molar-refractivity contribution in [2.24, 2.45) is 0 Å². The van der Waals surface area contributed by atoms with Crippen LogP contribution in [0, 0.1) is 6.92 Å². The maximum atomic E-state index is 12.6. The minimum absolute atomic E-state index is 0.0447. The largest absolute Gasteiger partial charge is 0.496 e. The molecule has 3 nitrogen and oxygen atoms in total. The van der Waals surface area contributed by atoms with Crippen LogP contribution in [-0.2, 0) is 11.2 Å². The monoisotopic (exact) mass is 294 g/mol. The Morgan fingerprint density at radius 1 is 1.09 bits per heavy atom. The second-order valence-corrected chi connectivity index (χ2v) is 5.22. The number of hydrogen-bond acceptors (Lipinski definition) is 3. The van der Waals surface area contributed by atoms with Crippen LogP contribution in [0.5, 0.6) is 5.75 Å². The molecule has 0 spiro atoms. The lowest BCUT2D eigenvalue weighted by molar-refractivity contribution is 0.103. The van der Waals surface area contributed by atoms with E-state index in [1.807, 2.05) is 25.1 Å². The molecule has 22 heavy (non-hydrogen) atoms. The van der Waals surface area contributed by atoms with Crippen LogP contribution in [0.3, 0.4) is 0 Å². The number of rotatable bonds is 6. The molecule has 112 valence electrons. The molecule has 0 amide bonds. The van der Waals surface area contributed by atoms with Gasteiger partial charge in [0.1, 0.15) is 13.6 Å². The second kappa shape index (κ2) is 7.27. The molecule has 2 radical (unpaired) electrons. The van der Waals surface area contributed by atoms with Crippen molar-refractivity contribution in [3.05, 3.63) is 58.7 Å². The molecule has 4 heteroatoms. The average Bonchev–Trinajstić information content (AvgIpc) is 2.51. The van der Waals surface area contributed by atoms with Gasteiger partial charge < -0.3 is 9.47 Å². The highest BCUT2D eigenvalue weighted by Gasteiger charge is 2.12. The minimum atomic E-state index is -0.0447. The highest BCUT2D eigenvalue weighted by atomic mass is 16.5. The zero-order valence-corrected chi connectivity index (χ0v) is 13.2. The van der Waals surface area contributed by atoms with Gasteiger partial charge in [-0.3, -0.25) is 4.79 Å². The molecule has 0 aliphatic rings. The number of carbonyl (C=O) groups excluding carboxylic acids is 1. The van der Waals surface area contributed by atoms with Crippen molar-refractivity contribution in [1.29, 1.82) is 0 Å². The van der Waals surface area contributed by atoms with Crippen molar-refractivity contribution in [2.75, 3.05) is 20.8 Å². The maximum Gasteiger partial charge on any atom is 0.193 e. The lowest BCUT2D eigenvalue weighted by Gasteiger charge is -2.09. The Labute approximate surface area is 132 Å². The Balaban J connectivity index is 2.32. The fraction of sp³-hybridized carbons (Fsp3) is 0.278. The number of benzene rings is 2. The Morgan fingerprint density at radius 2 is 1.86 bits per heavy atom. The summed E-state index contributed by atoms with van der Waals surface area (Å²) in [6.45, 7) is 2.51. The van der Waals surface area contributed by atoms with Gasteiger partial charge in [0.2, 0.25) is 0 Å². The van der Waals surface area contributed by atoms with Crippen LogP contribution in [0.1, 0.15) is 27.0 Å². The SMILES string of the molecule is [B]c1cc(CCOC)cc(C(=O)c2ccc(OC)c(C)c2)c1. The van der Waals surface area contributed by atoms with Crippen molar-refractivity contribution >= 4 is 19.1 Å². The van der Waals surface area contributed by atoms with Crippen LogP contribution >= 0.6 is 0 Å². The number of carbonyl (C=O) groups is 1. The van der Waals surface area contributed by atoms with Gasteiger partial charge >= 0.3 is 0 Å². The number of hydrogen-bond donors (Lipinski definition) is 0. The first kappa shape index (κ1) is 16.3. The van der Waals surface area contributed by atoms with Gasteiger partial charge in [-0.05, 0) is 48.7 Å². The van der Waals surface area contributed by atoms with E-state index in [-0.39, 0.29) is 5.78 Å². The molecule has 0 atom stereocenters. The van der Waals surface area contributed by atoms with E-state index in [4.69, 9.17) is 17.3 Å². The smallest absolute Gasteiger partial charge is 0.193 e. The summed E-state index contributed by atoms with van der Waals surface area (Å²) in [5.41, 5.74) is 3.73. The number of aryl methyl sites for hydroxylation is 1. The van der Waals surface area contributed by atoms with E-state index in [1.54, 1.807) is 32.4 Å². The summed E-state index contributed by atoms with van der Waals surface area (Å²) >= 11 is 0. The van der Waals surface area contributed by atoms with Gasteiger partial charge in [-0.15, -0.1) is 0 Å². The van der Waals surface area contributed by atoms with Gasteiger partial charge in [0.15, 0.2) is 5.78 Å². The van der Waals surface area contributed by atoms with E-state index in [0.717, 1.165) is 23.3 Å². The molecule has 0 saturated heterocycles.